The van der Waals surface area contributed by atoms with Gasteiger partial charge in [-0.05, 0) is 28.3 Å². The van der Waals surface area contributed by atoms with Crippen molar-refractivity contribution in [3.05, 3.63) is 133 Å². The summed E-state index contributed by atoms with van der Waals surface area (Å²) in [7, 11) is 0. The van der Waals surface area contributed by atoms with E-state index in [1.165, 1.54) is 32.3 Å². The molecule has 0 radical (unpaired) electrons. The quantitative estimate of drug-likeness (QED) is 0.245. The standard InChI is InChI=1S/C34H22N2S/c1-3-9-23(10-4-1)25-15-19-27(20-16-25)31-33-32(29-13-7-8-14-30(29)37-33)36-34(35-31)28-21-17-26(18-22-28)24-11-5-2-6-12-24/h1-22H. The van der Waals surface area contributed by atoms with Gasteiger partial charge in [0.25, 0.3) is 0 Å². The molecule has 0 aliphatic heterocycles. The average Bonchev–Trinajstić information content (AvgIpc) is 3.37. The number of nitrogens with zero attached hydrogens (tertiary/aromatic N) is 2. The summed E-state index contributed by atoms with van der Waals surface area (Å²) in [6, 6.07) is 46.7. The van der Waals surface area contributed by atoms with Crippen LogP contribution in [0.2, 0.25) is 0 Å². The maximum Gasteiger partial charge on any atom is 0.160 e. The van der Waals surface area contributed by atoms with E-state index in [0.29, 0.717) is 0 Å². The highest BCUT2D eigenvalue weighted by molar-refractivity contribution is 7.26. The van der Waals surface area contributed by atoms with E-state index in [2.05, 4.69) is 121 Å². The lowest BCUT2D eigenvalue weighted by molar-refractivity contribution is 1.24. The van der Waals surface area contributed by atoms with Crippen molar-refractivity contribution in [3.63, 3.8) is 0 Å². The van der Waals surface area contributed by atoms with E-state index in [1.807, 2.05) is 12.1 Å². The van der Waals surface area contributed by atoms with Crippen LogP contribution in [0.5, 0.6) is 0 Å². The maximum absolute atomic E-state index is 5.14. The Labute approximate surface area is 219 Å². The summed E-state index contributed by atoms with van der Waals surface area (Å²) in [5, 5.41) is 1.18. The largest absolute Gasteiger partial charge is 0.226 e. The van der Waals surface area contributed by atoms with E-state index in [4.69, 9.17) is 9.97 Å². The van der Waals surface area contributed by atoms with Crippen LogP contribution in [0.1, 0.15) is 0 Å². The van der Waals surface area contributed by atoms with Crippen molar-refractivity contribution in [3.8, 4) is 44.9 Å². The third-order valence-corrected chi connectivity index (χ3v) is 7.90. The molecule has 174 valence electrons. The molecule has 0 fully saturated rings. The fourth-order valence-electron chi connectivity index (χ4n) is 4.81. The van der Waals surface area contributed by atoms with Crippen LogP contribution in [-0.2, 0) is 0 Å². The molecular weight excluding hydrogens is 468 g/mol. The van der Waals surface area contributed by atoms with E-state index in [9.17, 15) is 0 Å². The maximum atomic E-state index is 5.14. The number of benzene rings is 5. The lowest BCUT2D eigenvalue weighted by atomic mass is 10.0. The Balaban J connectivity index is 1.38. The van der Waals surface area contributed by atoms with Crippen LogP contribution in [-0.4, -0.2) is 9.97 Å². The summed E-state index contributed by atoms with van der Waals surface area (Å²) < 4.78 is 2.35. The van der Waals surface area contributed by atoms with Crippen molar-refractivity contribution in [1.29, 1.82) is 0 Å². The summed E-state index contributed by atoms with van der Waals surface area (Å²) in [4.78, 5) is 10.2. The molecule has 0 N–H and O–H groups in total. The zero-order valence-electron chi connectivity index (χ0n) is 20.0. The van der Waals surface area contributed by atoms with Crippen molar-refractivity contribution in [1.82, 2.24) is 9.97 Å². The number of hydrogen-bond acceptors (Lipinski definition) is 3. The van der Waals surface area contributed by atoms with Crippen LogP contribution >= 0.6 is 11.3 Å². The van der Waals surface area contributed by atoms with Crippen LogP contribution in [0, 0.1) is 0 Å². The van der Waals surface area contributed by atoms with Crippen molar-refractivity contribution < 1.29 is 0 Å². The Morgan fingerprint density at radius 3 is 1.51 bits per heavy atom. The molecule has 37 heavy (non-hydrogen) atoms. The Morgan fingerprint density at radius 1 is 0.405 bits per heavy atom. The van der Waals surface area contributed by atoms with Gasteiger partial charge in [0, 0.05) is 21.2 Å². The third-order valence-electron chi connectivity index (χ3n) is 6.74. The molecule has 7 rings (SSSR count). The minimum absolute atomic E-state index is 0.748. The summed E-state index contributed by atoms with van der Waals surface area (Å²) in [6.07, 6.45) is 0. The highest BCUT2D eigenvalue weighted by Gasteiger charge is 2.16. The summed E-state index contributed by atoms with van der Waals surface area (Å²) in [6.45, 7) is 0. The van der Waals surface area contributed by atoms with Gasteiger partial charge in [0.05, 0.1) is 15.9 Å². The van der Waals surface area contributed by atoms with Gasteiger partial charge in [-0.2, -0.15) is 0 Å². The number of rotatable bonds is 4. The first kappa shape index (κ1) is 21.7. The molecule has 0 atom stereocenters. The van der Waals surface area contributed by atoms with E-state index >= 15 is 0 Å². The van der Waals surface area contributed by atoms with Crippen LogP contribution in [0.3, 0.4) is 0 Å². The van der Waals surface area contributed by atoms with E-state index in [1.54, 1.807) is 11.3 Å². The van der Waals surface area contributed by atoms with Gasteiger partial charge in [0.2, 0.25) is 0 Å². The van der Waals surface area contributed by atoms with Gasteiger partial charge in [0.1, 0.15) is 0 Å². The van der Waals surface area contributed by atoms with Gasteiger partial charge < -0.3 is 0 Å². The van der Waals surface area contributed by atoms with Crippen LogP contribution in [0.4, 0.5) is 0 Å². The molecule has 2 heterocycles. The average molecular weight is 491 g/mol. The lowest BCUT2D eigenvalue weighted by Gasteiger charge is -2.09. The summed E-state index contributed by atoms with van der Waals surface area (Å²) in [5.41, 5.74) is 8.90. The zero-order valence-corrected chi connectivity index (χ0v) is 20.8. The second kappa shape index (κ2) is 9.12. The van der Waals surface area contributed by atoms with Gasteiger partial charge in [-0.25, -0.2) is 9.97 Å². The number of thiophene rings is 1. The van der Waals surface area contributed by atoms with Crippen molar-refractivity contribution >= 4 is 31.6 Å². The highest BCUT2D eigenvalue weighted by atomic mass is 32.1. The Morgan fingerprint density at radius 2 is 0.892 bits per heavy atom. The number of fused-ring (bicyclic) bond motifs is 3. The third kappa shape index (κ3) is 4.00. The molecule has 2 aromatic heterocycles. The second-order valence-electron chi connectivity index (χ2n) is 9.06. The SMILES string of the molecule is c1ccc(-c2ccc(-c3nc(-c4ccc(-c5ccccc5)cc4)c4sc5ccccc5c4n3)cc2)cc1. The van der Waals surface area contributed by atoms with Crippen molar-refractivity contribution in [2.24, 2.45) is 0 Å². The number of hydrogen-bond donors (Lipinski definition) is 0. The molecule has 2 nitrogen and oxygen atoms in total. The fourth-order valence-corrected chi connectivity index (χ4v) is 5.96. The molecule has 0 bridgehead atoms. The fraction of sp³-hybridized carbons (Fsp3) is 0. The van der Waals surface area contributed by atoms with Gasteiger partial charge >= 0.3 is 0 Å². The first-order valence-corrected chi connectivity index (χ1v) is 13.2. The monoisotopic (exact) mass is 490 g/mol. The molecule has 0 amide bonds. The van der Waals surface area contributed by atoms with Gasteiger partial charge in [0.15, 0.2) is 5.82 Å². The summed E-state index contributed by atoms with van der Waals surface area (Å²) in [5.74, 6) is 0.748. The van der Waals surface area contributed by atoms with Gasteiger partial charge in [-0.15, -0.1) is 11.3 Å². The molecular formula is C34H22N2S. The smallest absolute Gasteiger partial charge is 0.160 e. The van der Waals surface area contributed by atoms with Crippen molar-refractivity contribution in [2.75, 3.05) is 0 Å². The van der Waals surface area contributed by atoms with Gasteiger partial charge in [-0.3, -0.25) is 0 Å². The Bertz CT molecular complexity index is 1840. The molecule has 0 saturated carbocycles. The van der Waals surface area contributed by atoms with Crippen LogP contribution in [0.25, 0.3) is 65.2 Å². The minimum Gasteiger partial charge on any atom is -0.226 e. The molecule has 0 unspecified atom stereocenters. The zero-order chi connectivity index (χ0) is 24.6. The number of aromatic nitrogens is 2. The van der Waals surface area contributed by atoms with E-state index in [-0.39, 0.29) is 0 Å². The summed E-state index contributed by atoms with van der Waals surface area (Å²) >= 11 is 1.76. The van der Waals surface area contributed by atoms with Crippen molar-refractivity contribution in [2.45, 2.75) is 0 Å². The normalized spacial score (nSPS) is 11.2. The first-order chi connectivity index (χ1) is 18.3. The predicted molar refractivity (Wildman–Crippen MR) is 157 cm³/mol. The molecule has 5 aromatic carbocycles. The Hall–Kier alpha value is -4.60. The molecule has 7 aromatic rings. The molecule has 0 aliphatic carbocycles. The van der Waals surface area contributed by atoms with Crippen LogP contribution < -0.4 is 0 Å². The van der Waals surface area contributed by atoms with Crippen LogP contribution in [0.15, 0.2) is 133 Å². The van der Waals surface area contributed by atoms with Gasteiger partial charge in [-0.1, -0.05) is 127 Å². The first-order valence-electron chi connectivity index (χ1n) is 12.3. The van der Waals surface area contributed by atoms with E-state index < -0.39 is 0 Å². The Kier molecular flexibility index (Phi) is 5.34. The lowest BCUT2D eigenvalue weighted by Crippen LogP contribution is -1.93. The molecule has 0 aliphatic rings. The molecule has 3 heteroatoms. The molecule has 0 spiro atoms. The molecule has 0 saturated heterocycles. The topological polar surface area (TPSA) is 25.8 Å². The minimum atomic E-state index is 0.748. The van der Waals surface area contributed by atoms with E-state index in [0.717, 1.165) is 32.9 Å². The second-order valence-corrected chi connectivity index (χ2v) is 10.1. The predicted octanol–water partition coefficient (Wildman–Crippen LogP) is 9.51. The highest BCUT2D eigenvalue weighted by Crippen LogP contribution is 2.39.